The van der Waals surface area contributed by atoms with E-state index in [0.717, 1.165) is 12.1 Å². The molecule has 0 aliphatic rings. The van der Waals surface area contributed by atoms with Crippen molar-refractivity contribution in [2.24, 2.45) is 5.11 Å². The molecule has 0 radical (unpaired) electrons. The highest BCUT2D eigenvalue weighted by atomic mass is 15.0. The van der Waals surface area contributed by atoms with Crippen LogP contribution in [0.1, 0.15) is 18.1 Å². The molecule has 0 amide bonds. The van der Waals surface area contributed by atoms with Gasteiger partial charge in [0.15, 0.2) is 0 Å². The molecule has 1 aromatic heterocycles. The van der Waals surface area contributed by atoms with Gasteiger partial charge in [-0.2, -0.15) is 5.11 Å². The molecule has 0 aliphatic carbocycles. The zero-order valence-electron chi connectivity index (χ0n) is 14.6. The molecule has 0 bridgehead atoms. The highest BCUT2D eigenvalue weighted by Crippen LogP contribution is 2.37. The van der Waals surface area contributed by atoms with Crippen molar-refractivity contribution in [3.63, 3.8) is 0 Å². The second kappa shape index (κ2) is 6.17. The van der Waals surface area contributed by atoms with Gasteiger partial charge in [0, 0.05) is 28.4 Å². The molecule has 3 aromatic carbocycles. The van der Waals surface area contributed by atoms with Crippen LogP contribution < -0.4 is 0 Å². The highest BCUT2D eigenvalue weighted by molar-refractivity contribution is 6.13. The van der Waals surface area contributed by atoms with Gasteiger partial charge in [0.25, 0.3) is 0 Å². The molecular weight excluding hydrogens is 306 g/mol. The smallest absolute Gasteiger partial charge is 0.0847 e. The van der Waals surface area contributed by atoms with Gasteiger partial charge in [-0.05, 0) is 43.2 Å². The minimum Gasteiger partial charge on any atom is -0.340 e. The summed E-state index contributed by atoms with van der Waals surface area (Å²) in [4.78, 5) is 0. The van der Waals surface area contributed by atoms with Crippen LogP contribution in [0.15, 0.2) is 65.8 Å². The van der Waals surface area contributed by atoms with E-state index in [4.69, 9.17) is 5.53 Å². The second-order valence-corrected chi connectivity index (χ2v) is 6.48. The Morgan fingerprint density at radius 3 is 2.44 bits per heavy atom. The van der Waals surface area contributed by atoms with Crippen LogP contribution >= 0.6 is 0 Å². The summed E-state index contributed by atoms with van der Waals surface area (Å²) in [5.74, 6) is 0. The lowest BCUT2D eigenvalue weighted by Crippen LogP contribution is -1.96. The van der Waals surface area contributed by atoms with Gasteiger partial charge < -0.3 is 4.57 Å². The summed E-state index contributed by atoms with van der Waals surface area (Å²) in [6.45, 7) is 5.64. The van der Waals surface area contributed by atoms with Crippen LogP contribution in [0.2, 0.25) is 0 Å². The molecule has 25 heavy (non-hydrogen) atoms. The molecule has 4 aromatic rings. The van der Waals surface area contributed by atoms with Crippen molar-refractivity contribution in [2.45, 2.75) is 26.9 Å². The largest absolute Gasteiger partial charge is 0.340 e. The maximum atomic E-state index is 7.28. The molecular formula is C22H21N3. The van der Waals surface area contributed by atoms with Gasteiger partial charge in [-0.25, -0.2) is 5.53 Å². The maximum Gasteiger partial charge on any atom is 0.0847 e. The molecule has 1 heterocycles. The molecule has 0 fully saturated rings. The van der Waals surface area contributed by atoms with Crippen molar-refractivity contribution in [1.82, 2.24) is 4.57 Å². The van der Waals surface area contributed by atoms with Gasteiger partial charge in [-0.15, -0.1) is 0 Å². The van der Waals surface area contributed by atoms with Crippen molar-refractivity contribution in [1.29, 1.82) is 5.53 Å². The number of rotatable bonds is 4. The summed E-state index contributed by atoms with van der Waals surface area (Å²) in [7, 11) is 0. The normalized spacial score (nSPS) is 11.3. The molecule has 0 aliphatic heterocycles. The first-order valence-corrected chi connectivity index (χ1v) is 8.67. The SMILES string of the molecule is CCn1c2ccccc2c2cc(CN=N)cc(-c3ccc(C)cc3)c21. The monoisotopic (exact) mass is 327 g/mol. The first kappa shape index (κ1) is 15.6. The first-order valence-electron chi connectivity index (χ1n) is 8.67. The molecule has 1 N–H and O–H groups in total. The van der Waals surface area contributed by atoms with Crippen LogP contribution in [-0.2, 0) is 13.1 Å². The summed E-state index contributed by atoms with van der Waals surface area (Å²) >= 11 is 0. The Bertz CT molecular complexity index is 1070. The standard InChI is InChI=1S/C22H21N3/c1-3-25-21-7-5-4-6-18(21)20-13-16(14-24-23)12-19(22(20)25)17-10-8-15(2)9-11-17/h4-13,23H,3,14H2,1-2H3. The summed E-state index contributed by atoms with van der Waals surface area (Å²) in [6.07, 6.45) is 0. The Morgan fingerprint density at radius 1 is 0.960 bits per heavy atom. The van der Waals surface area contributed by atoms with Crippen LogP contribution in [0.25, 0.3) is 32.9 Å². The van der Waals surface area contributed by atoms with E-state index in [1.807, 2.05) is 0 Å². The van der Waals surface area contributed by atoms with Gasteiger partial charge >= 0.3 is 0 Å². The van der Waals surface area contributed by atoms with E-state index in [9.17, 15) is 0 Å². The molecule has 3 heteroatoms. The third-order valence-electron chi connectivity index (χ3n) is 4.87. The van der Waals surface area contributed by atoms with Gasteiger partial charge in [0.1, 0.15) is 0 Å². The predicted octanol–water partition coefficient (Wildman–Crippen LogP) is 6.32. The molecule has 0 unspecified atom stereocenters. The van der Waals surface area contributed by atoms with E-state index in [1.165, 1.54) is 38.5 Å². The summed E-state index contributed by atoms with van der Waals surface area (Å²) < 4.78 is 2.39. The van der Waals surface area contributed by atoms with Gasteiger partial charge in [0.05, 0.1) is 12.1 Å². The van der Waals surface area contributed by atoms with E-state index in [-0.39, 0.29) is 0 Å². The minimum atomic E-state index is 0.417. The minimum absolute atomic E-state index is 0.417. The van der Waals surface area contributed by atoms with Crippen molar-refractivity contribution in [3.05, 3.63) is 71.8 Å². The molecule has 0 spiro atoms. The van der Waals surface area contributed by atoms with Crippen LogP contribution in [0, 0.1) is 12.5 Å². The second-order valence-electron chi connectivity index (χ2n) is 6.48. The third kappa shape index (κ3) is 2.52. The topological polar surface area (TPSA) is 41.1 Å². The zero-order chi connectivity index (χ0) is 17.4. The predicted molar refractivity (Wildman–Crippen MR) is 104 cm³/mol. The van der Waals surface area contributed by atoms with E-state index in [2.05, 4.69) is 84.2 Å². The van der Waals surface area contributed by atoms with E-state index >= 15 is 0 Å². The first-order chi connectivity index (χ1) is 12.2. The van der Waals surface area contributed by atoms with E-state index in [0.29, 0.717) is 6.54 Å². The number of para-hydroxylation sites is 1. The average molecular weight is 327 g/mol. The molecule has 4 rings (SSSR count). The lowest BCUT2D eigenvalue weighted by molar-refractivity contribution is 0.827. The Labute approximate surface area is 147 Å². The van der Waals surface area contributed by atoms with Crippen LogP contribution in [0.4, 0.5) is 0 Å². The number of aryl methyl sites for hydroxylation is 2. The lowest BCUT2D eigenvalue weighted by atomic mass is 9.98. The van der Waals surface area contributed by atoms with E-state index in [1.54, 1.807) is 0 Å². The zero-order valence-corrected chi connectivity index (χ0v) is 14.6. The number of aromatic nitrogens is 1. The Kier molecular flexibility index (Phi) is 3.85. The number of fused-ring (bicyclic) bond motifs is 3. The fourth-order valence-corrected chi connectivity index (χ4v) is 3.71. The number of nitrogens with zero attached hydrogens (tertiary/aromatic N) is 2. The van der Waals surface area contributed by atoms with Crippen LogP contribution in [-0.4, -0.2) is 4.57 Å². The third-order valence-corrected chi connectivity index (χ3v) is 4.87. The van der Waals surface area contributed by atoms with Crippen LogP contribution in [0.5, 0.6) is 0 Å². The lowest BCUT2D eigenvalue weighted by Gasteiger charge is -2.11. The number of nitrogens with one attached hydrogen (secondary N) is 1. The molecule has 0 saturated heterocycles. The number of hydrogen-bond donors (Lipinski definition) is 1. The number of benzene rings is 3. The summed E-state index contributed by atoms with van der Waals surface area (Å²) in [5.41, 5.74) is 14.6. The average Bonchev–Trinajstić information content (AvgIpc) is 2.96. The molecule has 3 nitrogen and oxygen atoms in total. The number of hydrogen-bond acceptors (Lipinski definition) is 2. The van der Waals surface area contributed by atoms with Crippen molar-refractivity contribution in [2.75, 3.05) is 0 Å². The Morgan fingerprint density at radius 2 is 1.72 bits per heavy atom. The maximum absolute atomic E-state index is 7.28. The summed E-state index contributed by atoms with van der Waals surface area (Å²) in [6, 6.07) is 21.6. The van der Waals surface area contributed by atoms with Crippen molar-refractivity contribution in [3.8, 4) is 11.1 Å². The fourth-order valence-electron chi connectivity index (χ4n) is 3.71. The molecule has 0 atom stereocenters. The fraction of sp³-hybridized carbons (Fsp3) is 0.182. The molecule has 0 saturated carbocycles. The molecule has 124 valence electrons. The Hall–Kier alpha value is -2.94. The summed E-state index contributed by atoms with van der Waals surface area (Å²) in [5, 5.41) is 6.12. The quantitative estimate of drug-likeness (QED) is 0.426. The highest BCUT2D eigenvalue weighted by Gasteiger charge is 2.15. The van der Waals surface area contributed by atoms with Gasteiger partial charge in [0.2, 0.25) is 0 Å². The van der Waals surface area contributed by atoms with Crippen molar-refractivity contribution < 1.29 is 0 Å². The van der Waals surface area contributed by atoms with E-state index < -0.39 is 0 Å². The Balaban J connectivity index is 2.15. The van der Waals surface area contributed by atoms with Gasteiger partial charge in [-0.1, -0.05) is 48.0 Å². The van der Waals surface area contributed by atoms with Crippen LogP contribution in [0.3, 0.4) is 0 Å². The van der Waals surface area contributed by atoms with Crippen molar-refractivity contribution >= 4 is 21.8 Å². The van der Waals surface area contributed by atoms with Gasteiger partial charge in [-0.3, -0.25) is 0 Å².